The molecule has 0 radical (unpaired) electrons. The number of hydrogen-bond acceptors (Lipinski definition) is 2. The Morgan fingerprint density at radius 2 is 2.08 bits per heavy atom. The molecule has 0 aromatic heterocycles. The first-order chi connectivity index (χ1) is 6.17. The van der Waals surface area contributed by atoms with Gasteiger partial charge < -0.3 is 4.90 Å². The van der Waals surface area contributed by atoms with Gasteiger partial charge in [-0.3, -0.25) is 4.99 Å². The lowest BCUT2D eigenvalue weighted by atomic mass is 10.4. The minimum Gasteiger partial charge on any atom is -0.333 e. The summed E-state index contributed by atoms with van der Waals surface area (Å²) >= 11 is 0. The fraction of sp³-hybridized carbons (Fsp3) is 0.400. The van der Waals surface area contributed by atoms with Gasteiger partial charge in [0.2, 0.25) is 0 Å². The monoisotopic (exact) mass is 179 g/mol. The number of allylic oxidation sites excluding steroid dienone is 2. The van der Waals surface area contributed by atoms with Crippen LogP contribution < -0.4 is 0 Å². The molecule has 0 aliphatic heterocycles. The van der Waals surface area contributed by atoms with Gasteiger partial charge in [0.25, 0.3) is 0 Å². The molecule has 0 saturated heterocycles. The molecule has 0 N–H and O–H groups in total. The third-order valence-corrected chi connectivity index (χ3v) is 1.76. The lowest BCUT2D eigenvalue weighted by Gasteiger charge is -2.18. The Bertz CT molecular complexity index is 249. The summed E-state index contributed by atoms with van der Waals surface area (Å²) in [7, 11) is 3.66. The molecule has 0 amide bonds. The highest BCUT2D eigenvalue weighted by atomic mass is 15.2. The van der Waals surface area contributed by atoms with Crippen LogP contribution in [-0.2, 0) is 0 Å². The summed E-state index contributed by atoms with van der Waals surface area (Å²) in [5.74, 6) is 0.785. The van der Waals surface area contributed by atoms with Crippen molar-refractivity contribution < 1.29 is 0 Å². The quantitative estimate of drug-likeness (QED) is 0.481. The van der Waals surface area contributed by atoms with Crippen molar-refractivity contribution >= 4 is 12.1 Å². The van der Waals surface area contributed by atoms with Crippen LogP contribution in [-0.4, -0.2) is 31.0 Å². The number of amidine groups is 1. The molecular formula is C10H17N3. The molecular weight excluding hydrogens is 162 g/mol. The molecule has 3 nitrogen and oxygen atoms in total. The van der Waals surface area contributed by atoms with Crippen molar-refractivity contribution in [3.8, 4) is 0 Å². The van der Waals surface area contributed by atoms with Gasteiger partial charge in [0.15, 0.2) is 0 Å². The standard InChI is InChI=1S/C10H17N3/c1-6-9(3)13(5)10(8-11-4)12-7-2/h6-8H,2H2,1,3-5H3/b9-6-,11-8?,12-10?. The van der Waals surface area contributed by atoms with Crippen LogP contribution in [0.2, 0.25) is 0 Å². The predicted octanol–water partition coefficient (Wildman–Crippen LogP) is 2.08. The van der Waals surface area contributed by atoms with E-state index in [9.17, 15) is 0 Å². The maximum absolute atomic E-state index is 4.10. The van der Waals surface area contributed by atoms with Crippen molar-refractivity contribution in [3.05, 3.63) is 24.6 Å². The molecule has 0 aliphatic carbocycles. The van der Waals surface area contributed by atoms with Crippen molar-refractivity contribution in [3.63, 3.8) is 0 Å². The first-order valence-corrected chi connectivity index (χ1v) is 4.14. The van der Waals surface area contributed by atoms with Crippen LogP contribution >= 0.6 is 0 Å². The molecule has 0 saturated carbocycles. The van der Waals surface area contributed by atoms with Crippen LogP contribution in [0.15, 0.2) is 34.5 Å². The van der Waals surface area contributed by atoms with Crippen LogP contribution in [0.5, 0.6) is 0 Å². The second kappa shape index (κ2) is 6.17. The topological polar surface area (TPSA) is 28.0 Å². The molecule has 72 valence electrons. The summed E-state index contributed by atoms with van der Waals surface area (Å²) < 4.78 is 0. The second-order valence-electron chi connectivity index (χ2n) is 2.55. The van der Waals surface area contributed by atoms with Crippen LogP contribution in [0.1, 0.15) is 13.8 Å². The molecule has 0 bridgehead atoms. The Morgan fingerprint density at radius 1 is 1.46 bits per heavy atom. The lowest BCUT2D eigenvalue weighted by molar-refractivity contribution is 0.634. The normalized spacial score (nSPS) is 13.5. The minimum atomic E-state index is 0.785. The third-order valence-electron chi connectivity index (χ3n) is 1.76. The average molecular weight is 179 g/mol. The molecule has 0 aromatic carbocycles. The molecule has 0 atom stereocenters. The maximum Gasteiger partial charge on any atom is 0.150 e. The van der Waals surface area contributed by atoms with Gasteiger partial charge in [-0.2, -0.15) is 0 Å². The second-order valence-corrected chi connectivity index (χ2v) is 2.55. The summed E-state index contributed by atoms with van der Waals surface area (Å²) in [6.45, 7) is 7.56. The Kier molecular flexibility index (Phi) is 5.52. The molecule has 0 fully saturated rings. The highest BCUT2D eigenvalue weighted by Gasteiger charge is 2.02. The molecule has 0 heterocycles. The van der Waals surface area contributed by atoms with E-state index in [1.807, 2.05) is 31.9 Å². The molecule has 0 aromatic rings. The molecule has 0 rings (SSSR count). The summed E-state index contributed by atoms with van der Waals surface area (Å²) in [6, 6.07) is 0. The largest absolute Gasteiger partial charge is 0.333 e. The van der Waals surface area contributed by atoms with Gasteiger partial charge in [0.1, 0.15) is 5.84 Å². The lowest BCUT2D eigenvalue weighted by Crippen LogP contribution is -2.25. The van der Waals surface area contributed by atoms with E-state index in [-0.39, 0.29) is 0 Å². The number of aliphatic imine (C=N–C) groups is 2. The minimum absolute atomic E-state index is 0.785. The average Bonchev–Trinajstić information content (AvgIpc) is 2.15. The van der Waals surface area contributed by atoms with Crippen molar-refractivity contribution in [2.75, 3.05) is 14.1 Å². The van der Waals surface area contributed by atoms with E-state index < -0.39 is 0 Å². The molecule has 0 aliphatic rings. The zero-order valence-corrected chi connectivity index (χ0v) is 8.78. The van der Waals surface area contributed by atoms with E-state index in [4.69, 9.17) is 0 Å². The van der Waals surface area contributed by atoms with Crippen molar-refractivity contribution in [1.29, 1.82) is 0 Å². The molecule has 0 unspecified atom stereocenters. The predicted molar refractivity (Wildman–Crippen MR) is 59.2 cm³/mol. The van der Waals surface area contributed by atoms with Crippen LogP contribution in [0.4, 0.5) is 0 Å². The van der Waals surface area contributed by atoms with E-state index >= 15 is 0 Å². The highest BCUT2D eigenvalue weighted by Crippen LogP contribution is 2.00. The molecule has 0 spiro atoms. The third kappa shape index (κ3) is 3.69. The summed E-state index contributed by atoms with van der Waals surface area (Å²) in [4.78, 5) is 9.97. The summed E-state index contributed by atoms with van der Waals surface area (Å²) in [5, 5.41) is 0. The number of nitrogens with zero attached hydrogens (tertiary/aromatic N) is 3. The zero-order chi connectivity index (χ0) is 10.3. The summed E-state index contributed by atoms with van der Waals surface area (Å²) in [5.41, 5.74) is 1.13. The Balaban J connectivity index is 4.75. The van der Waals surface area contributed by atoms with E-state index in [2.05, 4.69) is 16.6 Å². The van der Waals surface area contributed by atoms with E-state index in [0.717, 1.165) is 11.5 Å². The SMILES string of the molecule is C=CN=C(C=NC)N(C)/C(C)=C\C. The smallest absolute Gasteiger partial charge is 0.150 e. The Hall–Kier alpha value is -1.38. The van der Waals surface area contributed by atoms with Gasteiger partial charge in [0, 0.05) is 26.0 Å². The van der Waals surface area contributed by atoms with E-state index in [0.29, 0.717) is 0 Å². The van der Waals surface area contributed by atoms with Gasteiger partial charge in [-0.15, -0.1) is 0 Å². The van der Waals surface area contributed by atoms with Gasteiger partial charge in [-0.05, 0) is 13.8 Å². The van der Waals surface area contributed by atoms with E-state index in [1.165, 1.54) is 6.20 Å². The van der Waals surface area contributed by atoms with Crippen molar-refractivity contribution in [1.82, 2.24) is 4.90 Å². The Labute approximate surface area is 80.2 Å². The molecule has 13 heavy (non-hydrogen) atoms. The van der Waals surface area contributed by atoms with Gasteiger partial charge in [-0.25, -0.2) is 4.99 Å². The van der Waals surface area contributed by atoms with Crippen LogP contribution in [0.25, 0.3) is 0 Å². The maximum atomic E-state index is 4.10. The van der Waals surface area contributed by atoms with Crippen LogP contribution in [0.3, 0.4) is 0 Å². The van der Waals surface area contributed by atoms with Gasteiger partial charge >= 0.3 is 0 Å². The van der Waals surface area contributed by atoms with Crippen molar-refractivity contribution in [2.24, 2.45) is 9.98 Å². The Morgan fingerprint density at radius 3 is 2.46 bits per heavy atom. The van der Waals surface area contributed by atoms with E-state index in [1.54, 1.807) is 13.3 Å². The van der Waals surface area contributed by atoms with Gasteiger partial charge in [-0.1, -0.05) is 12.7 Å². The fourth-order valence-electron chi connectivity index (χ4n) is 0.790. The van der Waals surface area contributed by atoms with Crippen molar-refractivity contribution in [2.45, 2.75) is 13.8 Å². The zero-order valence-electron chi connectivity index (χ0n) is 8.78. The number of rotatable bonds is 3. The first kappa shape index (κ1) is 11.6. The number of hydrogen-bond donors (Lipinski definition) is 0. The summed E-state index contributed by atoms with van der Waals surface area (Å²) in [6.07, 6.45) is 5.23. The fourth-order valence-corrected chi connectivity index (χ4v) is 0.790. The van der Waals surface area contributed by atoms with Gasteiger partial charge in [0.05, 0.1) is 6.21 Å². The van der Waals surface area contributed by atoms with Crippen LogP contribution in [0, 0.1) is 0 Å². The first-order valence-electron chi connectivity index (χ1n) is 4.14. The molecule has 3 heteroatoms. The highest BCUT2D eigenvalue weighted by molar-refractivity contribution is 6.29.